The van der Waals surface area contributed by atoms with Gasteiger partial charge in [0.1, 0.15) is 0 Å². The summed E-state index contributed by atoms with van der Waals surface area (Å²) in [5.74, 6) is -2.10. The second-order valence-corrected chi connectivity index (χ2v) is 7.07. The molecule has 0 aromatic rings. The first kappa shape index (κ1) is 23.1. The highest BCUT2D eigenvalue weighted by Gasteiger charge is 2.40. The molecule has 0 aliphatic rings. The van der Waals surface area contributed by atoms with Crippen LogP contribution in [0, 0.1) is 0 Å². The molecule has 0 saturated carbocycles. The summed E-state index contributed by atoms with van der Waals surface area (Å²) in [6.45, 7) is 3.38. The van der Waals surface area contributed by atoms with Crippen LogP contribution >= 0.6 is 0 Å². The Morgan fingerprint density at radius 2 is 1.04 bits per heavy atom. The zero-order chi connectivity index (χ0) is 18.3. The number of hydrogen-bond acceptors (Lipinski definition) is 3. The highest BCUT2D eigenvalue weighted by atomic mass is 16.4. The lowest BCUT2D eigenvalue weighted by atomic mass is 9.92. The van der Waals surface area contributed by atoms with E-state index in [0.29, 0.717) is 6.42 Å². The van der Waals surface area contributed by atoms with Crippen LogP contribution in [-0.2, 0) is 9.59 Å². The van der Waals surface area contributed by atoms with E-state index in [2.05, 4.69) is 6.92 Å². The Morgan fingerprint density at radius 1 is 0.708 bits per heavy atom. The summed E-state index contributed by atoms with van der Waals surface area (Å²) in [6.07, 6.45) is 17.0. The van der Waals surface area contributed by atoms with Gasteiger partial charge >= 0.3 is 5.97 Å². The van der Waals surface area contributed by atoms with Crippen LogP contribution in [0.25, 0.3) is 0 Å². The number of carbonyl (C=O) groups is 2. The van der Waals surface area contributed by atoms with E-state index < -0.39 is 17.4 Å². The van der Waals surface area contributed by atoms with Crippen molar-refractivity contribution in [1.29, 1.82) is 0 Å². The molecule has 0 spiro atoms. The smallest absolute Gasteiger partial charge is 0.343 e. The summed E-state index contributed by atoms with van der Waals surface area (Å²) in [5, 5.41) is 18.7. The van der Waals surface area contributed by atoms with Crippen LogP contribution in [0.4, 0.5) is 0 Å². The Labute approximate surface area is 148 Å². The number of rotatable bonds is 17. The number of unbranched alkanes of at least 4 members (excludes halogenated alkanes) is 13. The number of aliphatic hydroxyl groups is 1. The van der Waals surface area contributed by atoms with Gasteiger partial charge in [-0.05, 0) is 19.8 Å². The molecule has 1 atom stereocenters. The van der Waals surface area contributed by atoms with Crippen LogP contribution < -0.4 is 0 Å². The fourth-order valence-electron chi connectivity index (χ4n) is 3.01. The minimum Gasteiger partial charge on any atom is -0.479 e. The van der Waals surface area contributed by atoms with Crippen molar-refractivity contribution < 1.29 is 19.8 Å². The van der Waals surface area contributed by atoms with Crippen molar-refractivity contribution in [3.8, 4) is 0 Å². The topological polar surface area (TPSA) is 74.6 Å². The Hall–Kier alpha value is -0.900. The van der Waals surface area contributed by atoms with Gasteiger partial charge in [0.2, 0.25) is 5.60 Å². The molecule has 0 aromatic heterocycles. The van der Waals surface area contributed by atoms with Crippen LogP contribution in [0.2, 0.25) is 0 Å². The molecule has 2 N–H and O–H groups in total. The standard InChI is InChI=1S/C20H38O4/c1-3-4-5-6-7-8-9-10-11-12-13-14-15-16-17-20(24,18(2)21)19(22)23/h24H,3-17H2,1-2H3,(H,22,23). The van der Waals surface area contributed by atoms with Gasteiger partial charge in [0.05, 0.1) is 0 Å². The number of Topliss-reactive ketones (excluding diaryl/α,β-unsaturated/α-hetero) is 1. The lowest BCUT2D eigenvalue weighted by Crippen LogP contribution is -2.45. The second kappa shape index (κ2) is 14.4. The van der Waals surface area contributed by atoms with Crippen molar-refractivity contribution in [2.45, 2.75) is 116 Å². The Bertz CT molecular complexity index is 325. The average Bonchev–Trinajstić information content (AvgIpc) is 2.54. The van der Waals surface area contributed by atoms with Crippen LogP contribution in [-0.4, -0.2) is 27.6 Å². The van der Waals surface area contributed by atoms with Gasteiger partial charge < -0.3 is 10.2 Å². The van der Waals surface area contributed by atoms with Crippen molar-refractivity contribution in [1.82, 2.24) is 0 Å². The van der Waals surface area contributed by atoms with Gasteiger partial charge in [-0.25, -0.2) is 4.79 Å². The summed E-state index contributed by atoms with van der Waals surface area (Å²) < 4.78 is 0. The third kappa shape index (κ3) is 10.8. The van der Waals surface area contributed by atoms with Gasteiger partial charge in [-0.15, -0.1) is 0 Å². The molecule has 0 radical (unpaired) electrons. The molecule has 0 heterocycles. The van der Waals surface area contributed by atoms with Gasteiger partial charge in [0, 0.05) is 0 Å². The predicted octanol–water partition coefficient (Wildman–Crippen LogP) is 5.26. The molecular weight excluding hydrogens is 304 g/mol. The molecule has 1 unspecified atom stereocenters. The van der Waals surface area contributed by atoms with Crippen LogP contribution in [0.1, 0.15) is 110 Å². The lowest BCUT2D eigenvalue weighted by molar-refractivity contribution is -0.165. The first-order valence-corrected chi connectivity index (χ1v) is 9.92. The molecule has 0 saturated heterocycles. The second-order valence-electron chi connectivity index (χ2n) is 7.07. The lowest BCUT2D eigenvalue weighted by Gasteiger charge is -2.19. The Morgan fingerprint density at radius 3 is 1.33 bits per heavy atom. The minimum atomic E-state index is -2.18. The maximum atomic E-state index is 11.2. The molecule has 0 aliphatic carbocycles. The molecule has 0 aromatic carbocycles. The minimum absolute atomic E-state index is 0.0235. The Kier molecular flexibility index (Phi) is 13.9. The summed E-state index contributed by atoms with van der Waals surface area (Å²) in [5.41, 5.74) is -2.18. The third-order valence-corrected chi connectivity index (χ3v) is 4.83. The zero-order valence-corrected chi connectivity index (χ0v) is 15.8. The molecule has 0 aliphatic heterocycles. The van der Waals surface area contributed by atoms with Gasteiger partial charge in [0.15, 0.2) is 5.78 Å². The largest absolute Gasteiger partial charge is 0.479 e. The van der Waals surface area contributed by atoms with Gasteiger partial charge in [-0.3, -0.25) is 4.79 Å². The molecule has 24 heavy (non-hydrogen) atoms. The third-order valence-electron chi connectivity index (χ3n) is 4.83. The van der Waals surface area contributed by atoms with Gasteiger partial charge in [-0.2, -0.15) is 0 Å². The number of aliphatic carboxylic acids is 1. The number of carbonyl (C=O) groups excluding carboxylic acids is 1. The van der Waals surface area contributed by atoms with E-state index in [4.69, 9.17) is 5.11 Å². The first-order valence-electron chi connectivity index (χ1n) is 9.92. The summed E-state index contributed by atoms with van der Waals surface area (Å²) in [4.78, 5) is 22.2. The number of hydrogen-bond donors (Lipinski definition) is 2. The quantitative estimate of drug-likeness (QED) is 0.279. The van der Waals surface area contributed by atoms with E-state index in [1.165, 1.54) is 64.2 Å². The van der Waals surface area contributed by atoms with Crippen LogP contribution in [0.3, 0.4) is 0 Å². The van der Waals surface area contributed by atoms with Crippen molar-refractivity contribution in [2.24, 2.45) is 0 Å². The molecule has 0 rings (SSSR count). The van der Waals surface area contributed by atoms with E-state index in [9.17, 15) is 14.7 Å². The highest BCUT2D eigenvalue weighted by Crippen LogP contribution is 2.18. The van der Waals surface area contributed by atoms with E-state index in [0.717, 1.165) is 26.2 Å². The van der Waals surface area contributed by atoms with Crippen molar-refractivity contribution in [3.63, 3.8) is 0 Å². The van der Waals surface area contributed by atoms with Gasteiger partial charge in [0.25, 0.3) is 0 Å². The van der Waals surface area contributed by atoms with E-state index in [1.54, 1.807) is 0 Å². The number of ketones is 1. The number of carboxylic acids is 1. The zero-order valence-electron chi connectivity index (χ0n) is 15.8. The first-order chi connectivity index (χ1) is 11.4. The van der Waals surface area contributed by atoms with E-state index >= 15 is 0 Å². The maximum absolute atomic E-state index is 11.2. The van der Waals surface area contributed by atoms with Crippen molar-refractivity contribution >= 4 is 11.8 Å². The Balaban J connectivity index is 3.40. The molecule has 0 amide bonds. The summed E-state index contributed by atoms with van der Waals surface area (Å²) in [7, 11) is 0. The molecule has 142 valence electrons. The maximum Gasteiger partial charge on any atom is 0.343 e. The highest BCUT2D eigenvalue weighted by molar-refractivity contribution is 6.04. The molecule has 4 nitrogen and oxygen atoms in total. The fourth-order valence-corrected chi connectivity index (χ4v) is 3.01. The van der Waals surface area contributed by atoms with Crippen LogP contribution in [0.5, 0.6) is 0 Å². The average molecular weight is 343 g/mol. The van der Waals surface area contributed by atoms with Crippen molar-refractivity contribution in [3.05, 3.63) is 0 Å². The predicted molar refractivity (Wildman–Crippen MR) is 98.2 cm³/mol. The van der Waals surface area contributed by atoms with Crippen LogP contribution in [0.15, 0.2) is 0 Å². The molecule has 0 bridgehead atoms. The van der Waals surface area contributed by atoms with Gasteiger partial charge in [-0.1, -0.05) is 90.4 Å². The van der Waals surface area contributed by atoms with E-state index in [1.807, 2.05) is 0 Å². The molecule has 4 heteroatoms. The van der Waals surface area contributed by atoms with E-state index in [-0.39, 0.29) is 6.42 Å². The monoisotopic (exact) mass is 342 g/mol. The SMILES string of the molecule is CCCCCCCCCCCCCCCCC(O)(C(C)=O)C(=O)O. The normalized spacial score (nSPS) is 13.6. The number of carboxylic acid groups (broad SMARTS) is 1. The fraction of sp³-hybridized carbons (Fsp3) is 0.900. The molecule has 0 fully saturated rings. The summed E-state index contributed by atoms with van der Waals surface area (Å²) >= 11 is 0. The van der Waals surface area contributed by atoms with Crippen molar-refractivity contribution in [2.75, 3.05) is 0 Å². The molecular formula is C20H38O4. The summed E-state index contributed by atoms with van der Waals surface area (Å²) in [6, 6.07) is 0.